The van der Waals surface area contributed by atoms with Gasteiger partial charge in [0.15, 0.2) is 0 Å². The number of hydrogen-bond acceptors (Lipinski definition) is 6. The summed E-state index contributed by atoms with van der Waals surface area (Å²) in [6.07, 6.45) is 6.21. The first-order chi connectivity index (χ1) is 11.9. The number of carbonyl (C=O) groups is 2. The van der Waals surface area contributed by atoms with Crippen LogP contribution in [0, 0.1) is 11.3 Å². The largest absolute Gasteiger partial charge is 0.465 e. The first-order valence-corrected chi connectivity index (χ1v) is 8.05. The van der Waals surface area contributed by atoms with E-state index >= 15 is 0 Å². The van der Waals surface area contributed by atoms with E-state index in [0.29, 0.717) is 15.7 Å². The average molecular weight is 424 g/mol. The van der Waals surface area contributed by atoms with E-state index in [4.69, 9.17) is 26.3 Å². The van der Waals surface area contributed by atoms with Crippen LogP contribution in [0.1, 0.15) is 5.56 Å². The second-order valence-electron chi connectivity index (χ2n) is 4.72. The molecule has 25 heavy (non-hydrogen) atoms. The van der Waals surface area contributed by atoms with Crippen LogP contribution in [0.2, 0.25) is 5.02 Å². The highest BCUT2D eigenvalue weighted by atomic mass is 79.9. The van der Waals surface area contributed by atoms with Gasteiger partial charge in [-0.05, 0) is 40.2 Å². The molecule has 0 saturated carbocycles. The lowest BCUT2D eigenvalue weighted by atomic mass is 10.1. The molecule has 1 aliphatic rings. The number of nitrogens with zero attached hydrogens (tertiary/aromatic N) is 2. The van der Waals surface area contributed by atoms with Gasteiger partial charge in [0, 0.05) is 10.7 Å². The van der Waals surface area contributed by atoms with Crippen LogP contribution in [0.3, 0.4) is 0 Å². The smallest absolute Gasteiger partial charge is 0.355 e. The molecule has 8 heteroatoms. The molecule has 6 nitrogen and oxygen atoms in total. The molecule has 2 rings (SSSR count). The maximum atomic E-state index is 12.4. The van der Waals surface area contributed by atoms with Crippen molar-refractivity contribution in [2.24, 2.45) is 0 Å². The highest BCUT2D eigenvalue weighted by molar-refractivity contribution is 9.10. The van der Waals surface area contributed by atoms with Gasteiger partial charge in [-0.1, -0.05) is 17.7 Å². The number of halogens is 2. The summed E-state index contributed by atoms with van der Waals surface area (Å²) in [6, 6.07) is 5.01. The molecule has 1 aromatic rings. The maximum absolute atomic E-state index is 12.4. The van der Waals surface area contributed by atoms with Crippen LogP contribution in [0.25, 0.3) is 0 Å². The fraction of sp³-hybridized carbons (Fsp3) is 0.118. The molecule has 1 heterocycles. The number of rotatable bonds is 3. The summed E-state index contributed by atoms with van der Waals surface area (Å²) < 4.78 is 10.0. The number of ether oxygens (including phenoxy) is 2. The molecule has 0 N–H and O–H groups in total. The molecule has 0 fully saturated rings. The van der Waals surface area contributed by atoms with Crippen molar-refractivity contribution >= 4 is 45.2 Å². The lowest BCUT2D eigenvalue weighted by Gasteiger charge is -2.25. The Morgan fingerprint density at radius 2 is 1.88 bits per heavy atom. The maximum Gasteiger partial charge on any atom is 0.355 e. The summed E-state index contributed by atoms with van der Waals surface area (Å²) in [7, 11) is 2.42. The predicted molar refractivity (Wildman–Crippen MR) is 95.7 cm³/mol. The second kappa shape index (κ2) is 8.01. The third kappa shape index (κ3) is 3.76. The first-order valence-electron chi connectivity index (χ1n) is 6.88. The highest BCUT2D eigenvalue weighted by Gasteiger charge is 2.29. The lowest BCUT2D eigenvalue weighted by Crippen LogP contribution is -2.27. The van der Waals surface area contributed by atoms with Crippen molar-refractivity contribution in [3.63, 3.8) is 0 Å². The van der Waals surface area contributed by atoms with E-state index in [0.717, 1.165) is 0 Å². The molecule has 0 saturated heterocycles. The van der Waals surface area contributed by atoms with E-state index in [9.17, 15) is 9.59 Å². The van der Waals surface area contributed by atoms with Crippen molar-refractivity contribution in [1.29, 1.82) is 5.26 Å². The van der Waals surface area contributed by atoms with Crippen LogP contribution < -0.4 is 4.90 Å². The molecule has 0 bridgehead atoms. The van der Waals surface area contributed by atoms with Gasteiger partial charge in [-0.15, -0.1) is 0 Å². The topological polar surface area (TPSA) is 79.6 Å². The third-order valence-electron chi connectivity index (χ3n) is 3.28. The fourth-order valence-electron chi connectivity index (χ4n) is 2.20. The molecule has 128 valence electrons. The third-order valence-corrected chi connectivity index (χ3v) is 4.17. The molecule has 0 amide bonds. The van der Waals surface area contributed by atoms with Crippen molar-refractivity contribution in [3.05, 3.63) is 62.9 Å². The van der Waals surface area contributed by atoms with Crippen molar-refractivity contribution in [1.82, 2.24) is 0 Å². The van der Waals surface area contributed by atoms with Crippen molar-refractivity contribution in [2.75, 3.05) is 19.1 Å². The minimum absolute atomic E-state index is 0.00618. The van der Waals surface area contributed by atoms with E-state index in [1.807, 2.05) is 6.07 Å². The molecule has 0 radical (unpaired) electrons. The Morgan fingerprint density at radius 3 is 2.44 bits per heavy atom. The van der Waals surface area contributed by atoms with E-state index in [-0.39, 0.29) is 16.3 Å². The summed E-state index contributed by atoms with van der Waals surface area (Å²) >= 11 is 9.66. The summed E-state index contributed by atoms with van der Waals surface area (Å²) in [4.78, 5) is 25.9. The molecule has 1 aliphatic heterocycles. The number of benzene rings is 1. The quantitative estimate of drug-likeness (QED) is 0.693. The van der Waals surface area contributed by atoms with Crippen LogP contribution >= 0.6 is 27.5 Å². The number of esters is 2. The molecule has 0 unspecified atom stereocenters. The summed E-state index contributed by atoms with van der Waals surface area (Å²) in [5.41, 5.74) is 0.662. The number of nitriles is 1. The first kappa shape index (κ1) is 18.8. The summed E-state index contributed by atoms with van der Waals surface area (Å²) in [6.45, 7) is 0. The molecule has 0 atom stereocenters. The molecule has 0 spiro atoms. The van der Waals surface area contributed by atoms with Gasteiger partial charge in [0.05, 0.1) is 42.1 Å². The van der Waals surface area contributed by atoms with Gasteiger partial charge in [-0.3, -0.25) is 0 Å². The zero-order valence-corrected chi connectivity index (χ0v) is 15.6. The van der Waals surface area contributed by atoms with Crippen molar-refractivity contribution in [3.8, 4) is 6.07 Å². The van der Waals surface area contributed by atoms with Gasteiger partial charge in [-0.25, -0.2) is 9.59 Å². The van der Waals surface area contributed by atoms with E-state index in [1.54, 1.807) is 24.4 Å². The van der Waals surface area contributed by atoms with Gasteiger partial charge in [0.2, 0.25) is 0 Å². The Kier molecular flexibility index (Phi) is 6.02. The van der Waals surface area contributed by atoms with Crippen LogP contribution in [-0.4, -0.2) is 26.2 Å². The van der Waals surface area contributed by atoms with Gasteiger partial charge >= 0.3 is 11.9 Å². The van der Waals surface area contributed by atoms with E-state index < -0.39 is 11.9 Å². The fourth-order valence-corrected chi connectivity index (χ4v) is 3.27. The number of carbonyl (C=O) groups excluding carboxylic acids is 2. The molecular weight excluding hydrogens is 412 g/mol. The van der Waals surface area contributed by atoms with Gasteiger partial charge in [0.1, 0.15) is 5.70 Å². The zero-order valence-electron chi connectivity index (χ0n) is 13.2. The Labute approximate surface area is 157 Å². The van der Waals surface area contributed by atoms with E-state index in [1.165, 1.54) is 31.3 Å². The lowest BCUT2D eigenvalue weighted by molar-refractivity contribution is -0.139. The zero-order chi connectivity index (χ0) is 18.6. The Bertz CT molecular complexity index is 845. The van der Waals surface area contributed by atoms with Gasteiger partial charge in [0.25, 0.3) is 0 Å². The molecule has 0 aliphatic carbocycles. The minimum Gasteiger partial charge on any atom is -0.465 e. The number of allylic oxidation sites excluding steroid dienone is 2. The van der Waals surface area contributed by atoms with Crippen molar-refractivity contribution in [2.45, 2.75) is 0 Å². The van der Waals surface area contributed by atoms with Crippen LogP contribution in [-0.2, 0) is 19.1 Å². The SMILES string of the molecule is COC(=O)C1=C(C(=O)OC)N(c2c(Cl)cc(C#N)cc2Br)C=CC=C1. The van der Waals surface area contributed by atoms with Crippen LogP contribution in [0.5, 0.6) is 0 Å². The normalized spacial score (nSPS) is 13.3. The molecule has 0 aromatic heterocycles. The van der Waals surface area contributed by atoms with E-state index in [2.05, 4.69) is 15.9 Å². The standard InChI is InChI=1S/C17H12BrClN2O4/c1-24-16(22)11-5-3-4-6-21(14(11)17(23)25-2)15-12(18)7-10(9-20)8-13(15)19/h3-8H,1-2H3. The average Bonchev–Trinajstić information content (AvgIpc) is 2.82. The monoisotopic (exact) mass is 422 g/mol. The highest BCUT2D eigenvalue weighted by Crippen LogP contribution is 2.39. The number of hydrogen-bond donors (Lipinski definition) is 0. The summed E-state index contributed by atoms with van der Waals surface area (Å²) in [5, 5.41) is 9.26. The molecular formula is C17H12BrClN2O4. The Hall–Kier alpha value is -2.56. The van der Waals surface area contributed by atoms with Gasteiger partial charge in [-0.2, -0.15) is 5.26 Å². The molecule has 1 aromatic carbocycles. The van der Waals surface area contributed by atoms with Crippen molar-refractivity contribution < 1.29 is 19.1 Å². The van der Waals surface area contributed by atoms with Crippen LogP contribution in [0.4, 0.5) is 5.69 Å². The Balaban J connectivity index is 2.76. The number of anilines is 1. The minimum atomic E-state index is -0.746. The van der Waals surface area contributed by atoms with Crippen LogP contribution in [0.15, 0.2) is 52.3 Å². The predicted octanol–water partition coefficient (Wildman–Crippen LogP) is 3.46. The number of methoxy groups -OCH3 is 2. The Morgan fingerprint density at radius 1 is 1.20 bits per heavy atom. The summed E-state index contributed by atoms with van der Waals surface area (Å²) in [5.74, 6) is -1.45. The van der Waals surface area contributed by atoms with Gasteiger partial charge < -0.3 is 14.4 Å². The second-order valence-corrected chi connectivity index (χ2v) is 5.98.